The van der Waals surface area contributed by atoms with Gasteiger partial charge in [0.25, 0.3) is 5.78 Å². The van der Waals surface area contributed by atoms with Crippen molar-refractivity contribution in [1.82, 2.24) is 0 Å². The number of hydrogen-bond acceptors (Lipinski definition) is 4. The molecule has 0 saturated heterocycles. The van der Waals surface area contributed by atoms with Crippen LogP contribution in [0.15, 0.2) is 24.3 Å². The first-order valence-corrected chi connectivity index (χ1v) is 4.40. The molecule has 7 heteroatoms. The summed E-state index contributed by atoms with van der Waals surface area (Å²) in [4.78, 5) is 42.7. The number of benzene rings is 1. The summed E-state index contributed by atoms with van der Waals surface area (Å²) in [7, 11) is 0. The number of primary amides is 1. The molecule has 0 radical (unpaired) electrons. The fourth-order valence-corrected chi connectivity index (χ4v) is 1.02. The standard InChI is InChI=1S/C10H8N2O5/c11-8(14)9(15)12-6-3-1-5(2-4-6)7(13)10(16)17/h1-4H,(H2,11,14)(H,12,15)(H,16,17). The number of nitrogens with two attached hydrogens (primary N) is 1. The van der Waals surface area contributed by atoms with E-state index in [9.17, 15) is 19.2 Å². The van der Waals surface area contributed by atoms with E-state index in [4.69, 9.17) is 10.8 Å². The number of nitrogens with one attached hydrogen (secondary N) is 1. The van der Waals surface area contributed by atoms with Crippen LogP contribution in [0.1, 0.15) is 10.4 Å². The third-order valence-electron chi connectivity index (χ3n) is 1.82. The van der Waals surface area contributed by atoms with Gasteiger partial charge in [-0.3, -0.25) is 14.4 Å². The van der Waals surface area contributed by atoms with Crippen molar-refractivity contribution in [1.29, 1.82) is 0 Å². The van der Waals surface area contributed by atoms with Gasteiger partial charge >= 0.3 is 17.8 Å². The molecule has 0 unspecified atom stereocenters. The van der Waals surface area contributed by atoms with Crippen LogP contribution in [0, 0.1) is 0 Å². The van der Waals surface area contributed by atoms with Crippen molar-refractivity contribution in [2.45, 2.75) is 0 Å². The largest absolute Gasteiger partial charge is 0.475 e. The Labute approximate surface area is 95.2 Å². The van der Waals surface area contributed by atoms with Crippen LogP contribution in [-0.4, -0.2) is 28.7 Å². The van der Waals surface area contributed by atoms with E-state index >= 15 is 0 Å². The topological polar surface area (TPSA) is 127 Å². The lowest BCUT2D eigenvalue weighted by atomic mass is 10.1. The molecular formula is C10H8N2O5. The fourth-order valence-electron chi connectivity index (χ4n) is 1.02. The number of carboxylic acid groups (broad SMARTS) is 1. The van der Waals surface area contributed by atoms with Crippen LogP contribution >= 0.6 is 0 Å². The first-order valence-electron chi connectivity index (χ1n) is 4.40. The first-order chi connectivity index (χ1) is 7.91. The predicted octanol–water partition coefficient (Wildman–Crippen LogP) is -0.622. The molecule has 0 aliphatic rings. The van der Waals surface area contributed by atoms with Crippen molar-refractivity contribution in [3.63, 3.8) is 0 Å². The van der Waals surface area contributed by atoms with E-state index < -0.39 is 23.6 Å². The summed E-state index contributed by atoms with van der Waals surface area (Å²) in [5.41, 5.74) is 4.92. The second-order valence-corrected chi connectivity index (χ2v) is 3.03. The normalized spacial score (nSPS) is 9.41. The zero-order chi connectivity index (χ0) is 13.0. The Hall–Kier alpha value is -2.70. The maximum absolute atomic E-state index is 11.0. The number of anilines is 1. The van der Waals surface area contributed by atoms with Crippen LogP contribution in [0.2, 0.25) is 0 Å². The van der Waals surface area contributed by atoms with E-state index in [1.165, 1.54) is 24.3 Å². The molecule has 1 rings (SSSR count). The van der Waals surface area contributed by atoms with Crippen LogP contribution in [0.25, 0.3) is 0 Å². The molecule has 0 spiro atoms. The molecule has 0 aromatic heterocycles. The summed E-state index contributed by atoms with van der Waals surface area (Å²) >= 11 is 0. The molecule has 4 N–H and O–H groups in total. The average molecular weight is 236 g/mol. The molecule has 0 heterocycles. The monoisotopic (exact) mass is 236 g/mol. The molecule has 0 fully saturated rings. The van der Waals surface area contributed by atoms with Crippen molar-refractivity contribution >= 4 is 29.3 Å². The minimum atomic E-state index is -1.57. The number of Topliss-reactive ketones (excluding diaryl/α,β-unsaturated/α-hetero) is 1. The van der Waals surface area contributed by atoms with Gasteiger partial charge in [0.2, 0.25) is 0 Å². The zero-order valence-corrected chi connectivity index (χ0v) is 8.47. The molecule has 17 heavy (non-hydrogen) atoms. The Balaban J connectivity index is 2.82. The number of carboxylic acids is 1. The lowest BCUT2D eigenvalue weighted by molar-refractivity contribution is -0.134. The van der Waals surface area contributed by atoms with E-state index in [0.717, 1.165) is 0 Å². The van der Waals surface area contributed by atoms with Gasteiger partial charge in [-0.15, -0.1) is 0 Å². The number of hydrogen-bond donors (Lipinski definition) is 3. The van der Waals surface area contributed by atoms with Gasteiger partial charge in [-0.2, -0.15) is 0 Å². The molecule has 7 nitrogen and oxygen atoms in total. The molecule has 0 atom stereocenters. The number of rotatable bonds is 3. The second-order valence-electron chi connectivity index (χ2n) is 3.03. The number of amides is 2. The van der Waals surface area contributed by atoms with Crippen LogP contribution in [0.5, 0.6) is 0 Å². The smallest absolute Gasteiger partial charge is 0.377 e. The summed E-state index contributed by atoms with van der Waals surface area (Å²) in [5.74, 6) is -4.77. The minimum Gasteiger partial charge on any atom is -0.475 e. The first kappa shape index (κ1) is 12.4. The number of carbonyl (C=O) groups is 4. The molecule has 0 bridgehead atoms. The van der Waals surface area contributed by atoms with Gasteiger partial charge in [-0.25, -0.2) is 4.79 Å². The summed E-state index contributed by atoms with van der Waals surface area (Å²) in [6.45, 7) is 0. The number of ketones is 1. The van der Waals surface area contributed by atoms with E-state index in [1.54, 1.807) is 0 Å². The van der Waals surface area contributed by atoms with Crippen LogP contribution in [0.3, 0.4) is 0 Å². The van der Waals surface area contributed by atoms with Crippen LogP contribution in [-0.2, 0) is 14.4 Å². The Bertz CT molecular complexity index is 492. The molecule has 1 aromatic carbocycles. The second kappa shape index (κ2) is 4.88. The lowest BCUT2D eigenvalue weighted by Crippen LogP contribution is -2.29. The average Bonchev–Trinajstić information content (AvgIpc) is 2.28. The maximum atomic E-state index is 11.0. The fraction of sp³-hybridized carbons (Fsp3) is 0. The Morgan fingerprint density at radius 1 is 1.06 bits per heavy atom. The summed E-state index contributed by atoms with van der Waals surface area (Å²) in [5, 5.41) is 10.6. The van der Waals surface area contributed by atoms with Gasteiger partial charge < -0.3 is 16.2 Å². The van der Waals surface area contributed by atoms with E-state index in [2.05, 4.69) is 5.32 Å². The molecule has 0 aliphatic heterocycles. The third-order valence-corrected chi connectivity index (χ3v) is 1.82. The Kier molecular flexibility index (Phi) is 3.55. The third kappa shape index (κ3) is 3.13. The van der Waals surface area contributed by atoms with Crippen molar-refractivity contribution in [2.24, 2.45) is 5.73 Å². The van der Waals surface area contributed by atoms with Crippen molar-refractivity contribution < 1.29 is 24.3 Å². The van der Waals surface area contributed by atoms with E-state index in [0.29, 0.717) is 0 Å². The van der Waals surface area contributed by atoms with Crippen molar-refractivity contribution in [2.75, 3.05) is 5.32 Å². The molecule has 1 aromatic rings. The summed E-state index contributed by atoms with van der Waals surface area (Å²) < 4.78 is 0. The quantitative estimate of drug-likeness (QED) is 0.476. The number of carbonyl (C=O) groups excluding carboxylic acids is 3. The zero-order valence-electron chi connectivity index (χ0n) is 8.47. The summed E-state index contributed by atoms with van der Waals surface area (Å²) in [6, 6.07) is 5.01. The maximum Gasteiger partial charge on any atom is 0.377 e. The minimum absolute atomic E-state index is 0.0328. The molecular weight excluding hydrogens is 228 g/mol. The summed E-state index contributed by atoms with van der Waals surface area (Å²) in [6.07, 6.45) is 0. The lowest BCUT2D eigenvalue weighted by Gasteiger charge is -2.02. The van der Waals surface area contributed by atoms with E-state index in [1.807, 2.05) is 0 Å². The van der Waals surface area contributed by atoms with E-state index in [-0.39, 0.29) is 11.3 Å². The Morgan fingerprint density at radius 3 is 2.00 bits per heavy atom. The van der Waals surface area contributed by atoms with Crippen molar-refractivity contribution in [3.05, 3.63) is 29.8 Å². The highest BCUT2D eigenvalue weighted by molar-refractivity contribution is 6.40. The molecule has 0 saturated carbocycles. The Morgan fingerprint density at radius 2 is 1.59 bits per heavy atom. The van der Waals surface area contributed by atoms with Gasteiger partial charge in [0.1, 0.15) is 0 Å². The van der Waals surface area contributed by atoms with Crippen LogP contribution < -0.4 is 11.1 Å². The highest BCUT2D eigenvalue weighted by atomic mass is 16.4. The van der Waals surface area contributed by atoms with Gasteiger partial charge in [0, 0.05) is 11.3 Å². The van der Waals surface area contributed by atoms with Crippen LogP contribution in [0.4, 0.5) is 5.69 Å². The SMILES string of the molecule is NC(=O)C(=O)Nc1ccc(C(=O)C(=O)O)cc1. The van der Waals surface area contributed by atoms with Gasteiger partial charge in [0.15, 0.2) is 0 Å². The molecule has 2 amide bonds. The highest BCUT2D eigenvalue weighted by Crippen LogP contribution is 2.10. The van der Waals surface area contributed by atoms with Crippen molar-refractivity contribution in [3.8, 4) is 0 Å². The predicted molar refractivity (Wildman–Crippen MR) is 56.2 cm³/mol. The van der Waals surface area contributed by atoms with Gasteiger partial charge in [0.05, 0.1) is 0 Å². The van der Waals surface area contributed by atoms with Gasteiger partial charge in [-0.05, 0) is 24.3 Å². The highest BCUT2D eigenvalue weighted by Gasteiger charge is 2.14. The molecule has 0 aliphatic carbocycles. The molecule has 88 valence electrons. The van der Waals surface area contributed by atoms with Gasteiger partial charge in [-0.1, -0.05) is 0 Å². The number of aliphatic carboxylic acids is 1.